The second-order valence-corrected chi connectivity index (χ2v) is 4.56. The lowest BCUT2D eigenvalue weighted by Crippen LogP contribution is -2.15. The fourth-order valence-electron chi connectivity index (χ4n) is 0.862. The normalized spacial score (nSPS) is 13.4. The van der Waals surface area contributed by atoms with Crippen LogP contribution in [0.5, 0.6) is 0 Å². The topological polar surface area (TPSA) is 26.0 Å². The van der Waals surface area contributed by atoms with E-state index < -0.39 is 0 Å². The first-order valence-corrected chi connectivity index (χ1v) is 5.35. The van der Waals surface area contributed by atoms with Crippen LogP contribution in [0.4, 0.5) is 0 Å². The van der Waals surface area contributed by atoms with Crippen LogP contribution in [-0.4, -0.2) is 6.04 Å². The van der Waals surface area contributed by atoms with Crippen molar-refractivity contribution < 1.29 is 0 Å². The van der Waals surface area contributed by atoms with Crippen LogP contribution in [0.15, 0.2) is 15.9 Å². The number of nitrogens with two attached hydrogens (primary N) is 1. The molecule has 0 aliphatic rings. The molecule has 1 aromatic heterocycles. The molecule has 62 valence electrons. The molecular weight excluding hydrogens is 222 g/mol. The monoisotopic (exact) mass is 233 g/mol. The summed E-state index contributed by atoms with van der Waals surface area (Å²) in [5.74, 6) is 0. The second kappa shape index (κ2) is 4.24. The average Bonchev–Trinajstić information content (AvgIpc) is 2.31. The molecule has 0 amide bonds. The van der Waals surface area contributed by atoms with E-state index in [4.69, 9.17) is 5.73 Å². The Balaban J connectivity index is 2.44. The maximum atomic E-state index is 5.65. The van der Waals surface area contributed by atoms with Gasteiger partial charge in [-0.05, 0) is 47.1 Å². The first kappa shape index (κ1) is 9.23. The van der Waals surface area contributed by atoms with Gasteiger partial charge in [-0.15, -0.1) is 11.3 Å². The summed E-state index contributed by atoms with van der Waals surface area (Å²) in [5, 5.41) is 2.10. The molecule has 0 aliphatic heterocycles. The van der Waals surface area contributed by atoms with Gasteiger partial charge in [0.2, 0.25) is 0 Å². The van der Waals surface area contributed by atoms with Gasteiger partial charge < -0.3 is 5.73 Å². The first-order valence-electron chi connectivity index (χ1n) is 3.67. The fourth-order valence-corrected chi connectivity index (χ4v) is 2.43. The quantitative estimate of drug-likeness (QED) is 0.855. The summed E-state index contributed by atoms with van der Waals surface area (Å²) in [6.07, 6.45) is 2.16. The van der Waals surface area contributed by atoms with Crippen LogP contribution in [0, 0.1) is 0 Å². The minimum atomic E-state index is 0.309. The summed E-state index contributed by atoms with van der Waals surface area (Å²) in [4.78, 5) is 1.40. The van der Waals surface area contributed by atoms with Crippen molar-refractivity contribution in [2.24, 2.45) is 5.73 Å². The number of halogens is 1. The van der Waals surface area contributed by atoms with Gasteiger partial charge >= 0.3 is 0 Å². The van der Waals surface area contributed by atoms with Gasteiger partial charge in [-0.25, -0.2) is 0 Å². The predicted octanol–water partition coefficient (Wildman–Crippen LogP) is 2.79. The van der Waals surface area contributed by atoms with Gasteiger partial charge in [0, 0.05) is 15.4 Å². The van der Waals surface area contributed by atoms with Gasteiger partial charge in [-0.3, -0.25) is 0 Å². The Morgan fingerprint density at radius 1 is 1.73 bits per heavy atom. The Bertz CT molecular complexity index is 220. The van der Waals surface area contributed by atoms with Gasteiger partial charge in [-0.1, -0.05) is 0 Å². The van der Waals surface area contributed by atoms with Crippen LogP contribution in [-0.2, 0) is 6.42 Å². The molecule has 3 heteroatoms. The summed E-state index contributed by atoms with van der Waals surface area (Å²) < 4.78 is 1.23. The summed E-state index contributed by atoms with van der Waals surface area (Å²) in [6.45, 7) is 2.04. The van der Waals surface area contributed by atoms with E-state index in [2.05, 4.69) is 27.4 Å². The number of thiophene rings is 1. The SMILES string of the molecule is C[C@@H](N)CCc1sccc1Br. The molecule has 0 fully saturated rings. The Labute approximate surface area is 79.7 Å². The molecule has 11 heavy (non-hydrogen) atoms. The highest BCUT2D eigenvalue weighted by atomic mass is 79.9. The fraction of sp³-hybridized carbons (Fsp3) is 0.500. The van der Waals surface area contributed by atoms with Crippen molar-refractivity contribution in [1.82, 2.24) is 0 Å². The molecule has 1 nitrogen and oxygen atoms in total. The van der Waals surface area contributed by atoms with Crippen LogP contribution in [0.3, 0.4) is 0 Å². The Kier molecular flexibility index (Phi) is 3.55. The van der Waals surface area contributed by atoms with Crippen LogP contribution >= 0.6 is 27.3 Å². The van der Waals surface area contributed by atoms with Crippen LogP contribution in [0.1, 0.15) is 18.2 Å². The van der Waals surface area contributed by atoms with Crippen molar-refractivity contribution in [1.29, 1.82) is 0 Å². The molecular formula is C8H12BrNS. The lowest BCUT2D eigenvalue weighted by molar-refractivity contribution is 0.669. The summed E-state index contributed by atoms with van der Waals surface area (Å²) in [5.41, 5.74) is 5.65. The zero-order chi connectivity index (χ0) is 8.27. The highest BCUT2D eigenvalue weighted by molar-refractivity contribution is 9.10. The van der Waals surface area contributed by atoms with E-state index in [1.165, 1.54) is 9.35 Å². The summed E-state index contributed by atoms with van der Waals surface area (Å²) >= 11 is 5.28. The van der Waals surface area contributed by atoms with Gasteiger partial charge in [0.05, 0.1) is 0 Å². The van der Waals surface area contributed by atoms with Crippen molar-refractivity contribution >= 4 is 27.3 Å². The standard InChI is InChI=1S/C8H12BrNS/c1-6(10)2-3-8-7(9)4-5-11-8/h4-6H,2-3,10H2,1H3/t6-/m1/s1. The molecule has 0 saturated heterocycles. The Morgan fingerprint density at radius 3 is 2.91 bits per heavy atom. The maximum Gasteiger partial charge on any atom is 0.0314 e. The Hall–Kier alpha value is 0.140. The van der Waals surface area contributed by atoms with E-state index in [-0.39, 0.29) is 0 Å². The van der Waals surface area contributed by atoms with Crippen molar-refractivity contribution in [2.45, 2.75) is 25.8 Å². The lowest BCUT2D eigenvalue weighted by Gasteiger charge is -2.02. The van der Waals surface area contributed by atoms with Gasteiger partial charge in [-0.2, -0.15) is 0 Å². The molecule has 1 aromatic rings. The Morgan fingerprint density at radius 2 is 2.45 bits per heavy atom. The molecule has 0 unspecified atom stereocenters. The van der Waals surface area contributed by atoms with Gasteiger partial charge in [0.15, 0.2) is 0 Å². The molecule has 0 aliphatic carbocycles. The zero-order valence-electron chi connectivity index (χ0n) is 6.51. The predicted molar refractivity (Wildman–Crippen MR) is 54.0 cm³/mol. The largest absolute Gasteiger partial charge is 0.328 e. The van der Waals surface area contributed by atoms with Crippen LogP contribution < -0.4 is 5.73 Å². The molecule has 1 atom stereocenters. The van der Waals surface area contributed by atoms with Crippen LogP contribution in [0.25, 0.3) is 0 Å². The zero-order valence-corrected chi connectivity index (χ0v) is 8.91. The maximum absolute atomic E-state index is 5.65. The third-order valence-electron chi connectivity index (χ3n) is 1.52. The minimum absolute atomic E-state index is 0.309. The average molecular weight is 234 g/mol. The molecule has 1 rings (SSSR count). The van der Waals surface area contributed by atoms with Gasteiger partial charge in [0.25, 0.3) is 0 Å². The molecule has 1 heterocycles. The van der Waals surface area contributed by atoms with Gasteiger partial charge in [0.1, 0.15) is 0 Å². The highest BCUT2D eigenvalue weighted by Crippen LogP contribution is 2.23. The second-order valence-electron chi connectivity index (χ2n) is 2.71. The van der Waals surface area contributed by atoms with Crippen molar-refractivity contribution in [2.75, 3.05) is 0 Å². The smallest absolute Gasteiger partial charge is 0.0314 e. The number of rotatable bonds is 3. The van der Waals surface area contributed by atoms with Crippen molar-refractivity contribution in [3.63, 3.8) is 0 Å². The third kappa shape index (κ3) is 2.93. The molecule has 2 N–H and O–H groups in total. The van der Waals surface area contributed by atoms with Crippen molar-refractivity contribution in [3.8, 4) is 0 Å². The van der Waals surface area contributed by atoms with E-state index in [0.29, 0.717) is 6.04 Å². The molecule has 0 saturated carbocycles. The van der Waals surface area contributed by atoms with E-state index in [1.54, 1.807) is 11.3 Å². The number of aryl methyl sites for hydroxylation is 1. The summed E-state index contributed by atoms with van der Waals surface area (Å²) in [6, 6.07) is 2.39. The molecule has 0 bridgehead atoms. The molecule has 0 spiro atoms. The molecule has 0 radical (unpaired) electrons. The summed E-state index contributed by atoms with van der Waals surface area (Å²) in [7, 11) is 0. The number of hydrogen-bond donors (Lipinski definition) is 1. The highest BCUT2D eigenvalue weighted by Gasteiger charge is 2.01. The third-order valence-corrected chi connectivity index (χ3v) is 3.50. The molecule has 0 aromatic carbocycles. The minimum Gasteiger partial charge on any atom is -0.328 e. The number of hydrogen-bond acceptors (Lipinski definition) is 2. The van der Waals surface area contributed by atoms with E-state index in [1.807, 2.05) is 6.92 Å². The van der Waals surface area contributed by atoms with Crippen LogP contribution in [0.2, 0.25) is 0 Å². The van der Waals surface area contributed by atoms with E-state index in [0.717, 1.165) is 12.8 Å². The lowest BCUT2D eigenvalue weighted by atomic mass is 10.2. The van der Waals surface area contributed by atoms with Crippen molar-refractivity contribution in [3.05, 3.63) is 20.8 Å². The van der Waals surface area contributed by atoms with E-state index >= 15 is 0 Å². The first-order chi connectivity index (χ1) is 5.20. The van der Waals surface area contributed by atoms with E-state index in [9.17, 15) is 0 Å².